The SMILES string of the molecule is CC(CC#N)N(C)C(=O)c1cc2ccccc2c(Cl)n1. The number of amides is 1. The molecule has 0 aliphatic carbocycles. The number of halogens is 1. The Kier molecular flexibility index (Phi) is 4.21. The van der Waals surface area contributed by atoms with Crippen LogP contribution in [0.15, 0.2) is 30.3 Å². The van der Waals surface area contributed by atoms with Gasteiger partial charge in [0, 0.05) is 18.5 Å². The summed E-state index contributed by atoms with van der Waals surface area (Å²) in [6.07, 6.45) is 0.281. The maximum absolute atomic E-state index is 12.4. The number of benzene rings is 1. The highest BCUT2D eigenvalue weighted by Gasteiger charge is 2.19. The van der Waals surface area contributed by atoms with Gasteiger partial charge in [0.25, 0.3) is 5.91 Å². The van der Waals surface area contributed by atoms with Crippen LogP contribution in [0, 0.1) is 11.3 Å². The molecule has 0 saturated carbocycles. The van der Waals surface area contributed by atoms with Crippen molar-refractivity contribution in [2.75, 3.05) is 7.05 Å². The third kappa shape index (κ3) is 2.73. The van der Waals surface area contributed by atoms with Gasteiger partial charge in [0.1, 0.15) is 10.8 Å². The minimum absolute atomic E-state index is 0.167. The highest BCUT2D eigenvalue weighted by molar-refractivity contribution is 6.34. The highest BCUT2D eigenvalue weighted by atomic mass is 35.5. The fraction of sp³-hybridized carbons (Fsp3) is 0.267. The van der Waals surface area contributed by atoms with E-state index in [1.54, 1.807) is 13.1 Å². The van der Waals surface area contributed by atoms with E-state index >= 15 is 0 Å². The zero-order valence-electron chi connectivity index (χ0n) is 11.3. The molecule has 0 spiro atoms. The van der Waals surface area contributed by atoms with Crippen molar-refractivity contribution in [2.24, 2.45) is 0 Å². The van der Waals surface area contributed by atoms with Crippen LogP contribution in [0.5, 0.6) is 0 Å². The second kappa shape index (κ2) is 5.89. The van der Waals surface area contributed by atoms with Crippen LogP contribution in [-0.2, 0) is 0 Å². The number of rotatable bonds is 3. The van der Waals surface area contributed by atoms with Crippen LogP contribution in [-0.4, -0.2) is 28.9 Å². The Morgan fingerprint density at radius 3 is 2.90 bits per heavy atom. The molecule has 5 heteroatoms. The second-order valence-corrected chi connectivity index (χ2v) is 5.00. The van der Waals surface area contributed by atoms with Gasteiger partial charge in [-0.05, 0) is 18.4 Å². The molecule has 0 radical (unpaired) electrons. The molecule has 0 saturated heterocycles. The lowest BCUT2D eigenvalue weighted by molar-refractivity contribution is 0.0740. The molecule has 102 valence electrons. The Bertz CT molecular complexity index is 693. The van der Waals surface area contributed by atoms with Gasteiger partial charge in [0.2, 0.25) is 0 Å². The lowest BCUT2D eigenvalue weighted by Gasteiger charge is -2.22. The minimum Gasteiger partial charge on any atom is -0.337 e. The number of hydrogen-bond donors (Lipinski definition) is 0. The summed E-state index contributed by atoms with van der Waals surface area (Å²) in [5.74, 6) is -0.236. The van der Waals surface area contributed by atoms with E-state index in [-0.39, 0.29) is 18.4 Å². The maximum Gasteiger partial charge on any atom is 0.272 e. The number of nitrogens with zero attached hydrogens (tertiary/aromatic N) is 3. The van der Waals surface area contributed by atoms with Crippen molar-refractivity contribution in [3.8, 4) is 6.07 Å². The largest absolute Gasteiger partial charge is 0.337 e. The van der Waals surface area contributed by atoms with Crippen LogP contribution in [0.3, 0.4) is 0 Å². The summed E-state index contributed by atoms with van der Waals surface area (Å²) in [5.41, 5.74) is 0.293. The highest BCUT2D eigenvalue weighted by Crippen LogP contribution is 2.23. The Hall–Kier alpha value is -2.12. The van der Waals surface area contributed by atoms with E-state index in [2.05, 4.69) is 11.1 Å². The summed E-state index contributed by atoms with van der Waals surface area (Å²) in [5, 5.41) is 10.7. The molecular weight excluding hydrogens is 274 g/mol. The third-order valence-electron chi connectivity index (χ3n) is 3.28. The molecule has 1 aromatic carbocycles. The number of pyridine rings is 1. The Morgan fingerprint density at radius 1 is 1.50 bits per heavy atom. The van der Waals surface area contributed by atoms with E-state index in [9.17, 15) is 4.79 Å². The number of carbonyl (C=O) groups excluding carboxylic acids is 1. The van der Waals surface area contributed by atoms with Gasteiger partial charge < -0.3 is 4.90 Å². The maximum atomic E-state index is 12.4. The summed E-state index contributed by atoms with van der Waals surface area (Å²) < 4.78 is 0. The van der Waals surface area contributed by atoms with Crippen LogP contribution < -0.4 is 0 Å². The van der Waals surface area contributed by atoms with Crippen molar-refractivity contribution < 1.29 is 4.79 Å². The molecule has 0 aliphatic heterocycles. The molecule has 20 heavy (non-hydrogen) atoms. The van der Waals surface area contributed by atoms with Crippen LogP contribution in [0.25, 0.3) is 10.8 Å². The Morgan fingerprint density at radius 2 is 2.20 bits per heavy atom. The predicted molar refractivity (Wildman–Crippen MR) is 78.5 cm³/mol. The van der Waals surface area contributed by atoms with Crippen molar-refractivity contribution in [3.05, 3.63) is 41.2 Å². The molecule has 0 aliphatic rings. The molecule has 4 nitrogen and oxygen atoms in total. The number of carbonyl (C=O) groups is 1. The van der Waals surface area contributed by atoms with Gasteiger partial charge >= 0.3 is 0 Å². The number of aromatic nitrogens is 1. The summed E-state index contributed by atoms with van der Waals surface area (Å²) in [7, 11) is 1.66. The summed E-state index contributed by atoms with van der Waals surface area (Å²) in [6, 6.07) is 11.1. The number of fused-ring (bicyclic) bond motifs is 1. The third-order valence-corrected chi connectivity index (χ3v) is 3.57. The van der Waals surface area contributed by atoms with Crippen molar-refractivity contribution >= 4 is 28.3 Å². The zero-order chi connectivity index (χ0) is 14.7. The van der Waals surface area contributed by atoms with Gasteiger partial charge in [0.05, 0.1) is 12.5 Å². The van der Waals surface area contributed by atoms with Gasteiger partial charge in [-0.1, -0.05) is 35.9 Å². The molecule has 1 aromatic heterocycles. The number of nitriles is 1. The monoisotopic (exact) mass is 287 g/mol. The van der Waals surface area contributed by atoms with E-state index in [1.165, 1.54) is 4.90 Å². The second-order valence-electron chi connectivity index (χ2n) is 4.65. The van der Waals surface area contributed by atoms with Gasteiger partial charge in [0.15, 0.2) is 0 Å². The molecule has 1 atom stereocenters. The molecular formula is C15H14ClN3O. The van der Waals surface area contributed by atoms with Crippen molar-refractivity contribution in [1.82, 2.24) is 9.88 Å². The first-order chi connectivity index (χ1) is 9.54. The average molecular weight is 288 g/mol. The van der Waals surface area contributed by atoms with Crippen LogP contribution in [0.2, 0.25) is 5.15 Å². The van der Waals surface area contributed by atoms with Crippen LogP contribution in [0.1, 0.15) is 23.8 Å². The quantitative estimate of drug-likeness (QED) is 0.814. The first kappa shape index (κ1) is 14.3. The molecule has 1 unspecified atom stereocenters. The summed E-state index contributed by atoms with van der Waals surface area (Å²) >= 11 is 6.12. The van der Waals surface area contributed by atoms with Crippen LogP contribution in [0.4, 0.5) is 0 Å². The first-order valence-electron chi connectivity index (χ1n) is 6.24. The molecule has 0 bridgehead atoms. The molecule has 2 rings (SSSR count). The molecule has 0 fully saturated rings. The number of hydrogen-bond acceptors (Lipinski definition) is 3. The molecule has 0 N–H and O–H groups in total. The lowest BCUT2D eigenvalue weighted by atomic mass is 10.1. The molecule has 1 amide bonds. The van der Waals surface area contributed by atoms with Crippen molar-refractivity contribution in [2.45, 2.75) is 19.4 Å². The fourth-order valence-corrected chi connectivity index (χ4v) is 2.18. The minimum atomic E-state index is -0.236. The van der Waals surface area contributed by atoms with E-state index in [0.717, 1.165) is 10.8 Å². The van der Waals surface area contributed by atoms with Gasteiger partial charge in [-0.2, -0.15) is 5.26 Å². The Labute approximate surface area is 122 Å². The summed E-state index contributed by atoms with van der Waals surface area (Å²) in [4.78, 5) is 18.0. The normalized spacial score (nSPS) is 11.9. The van der Waals surface area contributed by atoms with E-state index in [4.69, 9.17) is 16.9 Å². The Balaban J connectivity index is 2.38. The summed E-state index contributed by atoms with van der Waals surface area (Å²) in [6.45, 7) is 1.82. The molecule has 1 heterocycles. The topological polar surface area (TPSA) is 57.0 Å². The standard InChI is InChI=1S/C15H14ClN3O/c1-10(7-8-17)19(2)15(20)13-9-11-5-3-4-6-12(11)14(16)18-13/h3-6,9-10H,7H2,1-2H3. The van der Waals surface area contributed by atoms with E-state index < -0.39 is 0 Å². The van der Waals surface area contributed by atoms with Gasteiger partial charge in [-0.25, -0.2) is 4.98 Å². The zero-order valence-corrected chi connectivity index (χ0v) is 12.1. The van der Waals surface area contributed by atoms with Crippen molar-refractivity contribution in [1.29, 1.82) is 5.26 Å². The predicted octanol–water partition coefficient (Wildman–Crippen LogP) is 3.26. The average Bonchev–Trinajstić information content (AvgIpc) is 2.46. The van der Waals surface area contributed by atoms with E-state index in [1.807, 2.05) is 31.2 Å². The first-order valence-corrected chi connectivity index (χ1v) is 6.61. The lowest BCUT2D eigenvalue weighted by Crippen LogP contribution is -2.35. The van der Waals surface area contributed by atoms with Gasteiger partial charge in [-0.15, -0.1) is 0 Å². The smallest absolute Gasteiger partial charge is 0.272 e. The molecule has 2 aromatic rings. The van der Waals surface area contributed by atoms with Crippen molar-refractivity contribution in [3.63, 3.8) is 0 Å². The van der Waals surface area contributed by atoms with Gasteiger partial charge in [-0.3, -0.25) is 4.79 Å². The van der Waals surface area contributed by atoms with Crippen LogP contribution >= 0.6 is 11.6 Å². The fourth-order valence-electron chi connectivity index (χ4n) is 1.92. The van der Waals surface area contributed by atoms with E-state index in [0.29, 0.717) is 10.8 Å².